The maximum absolute atomic E-state index is 14.3. The van der Waals surface area contributed by atoms with Crippen LogP contribution in [-0.2, 0) is 10.2 Å². The summed E-state index contributed by atoms with van der Waals surface area (Å²) in [5.41, 5.74) is 3.59. The number of aliphatic carboxylic acids is 1. The number of carboxylic acid groups (broad SMARTS) is 1. The van der Waals surface area contributed by atoms with Crippen LogP contribution in [0.5, 0.6) is 0 Å². The number of aryl methyl sites for hydroxylation is 2. The monoisotopic (exact) mass is 324 g/mol. The highest BCUT2D eigenvalue weighted by Gasteiger charge is 2.43. The van der Waals surface area contributed by atoms with Gasteiger partial charge in [-0.15, -0.1) is 0 Å². The molecule has 2 aromatic carbocycles. The predicted octanol–water partition coefficient (Wildman–Crippen LogP) is 4.95. The first-order chi connectivity index (χ1) is 11.4. The Bertz CT molecular complexity index is 851. The molecule has 1 unspecified atom stereocenters. The number of benzene rings is 2. The van der Waals surface area contributed by atoms with Crippen LogP contribution in [0, 0.1) is 26.6 Å². The Balaban J connectivity index is 2.18. The molecule has 3 heteroatoms. The zero-order valence-electron chi connectivity index (χ0n) is 14.2. The van der Waals surface area contributed by atoms with Gasteiger partial charge in [-0.25, -0.2) is 4.39 Å². The van der Waals surface area contributed by atoms with Crippen molar-refractivity contribution >= 4 is 11.5 Å². The average Bonchev–Trinajstić information content (AvgIpc) is 2.99. The van der Waals surface area contributed by atoms with E-state index in [2.05, 4.69) is 0 Å². The Hall–Kier alpha value is -2.42. The van der Waals surface area contributed by atoms with E-state index in [1.807, 2.05) is 37.3 Å². The molecule has 3 rings (SSSR count). The van der Waals surface area contributed by atoms with Gasteiger partial charge in [0, 0.05) is 0 Å². The molecule has 0 heterocycles. The average molecular weight is 324 g/mol. The van der Waals surface area contributed by atoms with E-state index in [0.29, 0.717) is 29.5 Å². The molecule has 124 valence electrons. The summed E-state index contributed by atoms with van der Waals surface area (Å²) in [4.78, 5) is 12.2. The molecule has 24 heavy (non-hydrogen) atoms. The fraction of sp³-hybridized carbons (Fsp3) is 0.286. The Labute approximate surface area is 141 Å². The van der Waals surface area contributed by atoms with Crippen molar-refractivity contribution < 1.29 is 14.3 Å². The second-order valence-corrected chi connectivity index (χ2v) is 6.63. The van der Waals surface area contributed by atoms with E-state index in [1.54, 1.807) is 26.0 Å². The molecule has 1 aliphatic carbocycles. The summed E-state index contributed by atoms with van der Waals surface area (Å²) < 4.78 is 14.3. The third kappa shape index (κ3) is 2.44. The summed E-state index contributed by atoms with van der Waals surface area (Å²) in [6.45, 7) is 5.39. The Kier molecular flexibility index (Phi) is 4.04. The second kappa shape index (κ2) is 5.90. The van der Waals surface area contributed by atoms with E-state index in [1.165, 1.54) is 0 Å². The SMILES string of the molecule is Cc1ccccc1C1=CC(C(=O)O)(c2ccc(C)c(F)c2C)CC1. The van der Waals surface area contributed by atoms with Crippen LogP contribution in [0.25, 0.3) is 5.57 Å². The van der Waals surface area contributed by atoms with E-state index in [-0.39, 0.29) is 5.82 Å². The molecule has 2 aromatic rings. The summed E-state index contributed by atoms with van der Waals surface area (Å²) in [5.74, 6) is -1.23. The Morgan fingerprint density at radius 2 is 1.79 bits per heavy atom. The van der Waals surface area contributed by atoms with Crippen LogP contribution < -0.4 is 0 Å². The highest BCUT2D eigenvalue weighted by atomic mass is 19.1. The van der Waals surface area contributed by atoms with Gasteiger partial charge < -0.3 is 5.11 Å². The van der Waals surface area contributed by atoms with Crippen LogP contribution in [-0.4, -0.2) is 11.1 Å². The van der Waals surface area contributed by atoms with Gasteiger partial charge in [0.15, 0.2) is 0 Å². The van der Waals surface area contributed by atoms with Crippen molar-refractivity contribution in [1.29, 1.82) is 0 Å². The zero-order chi connectivity index (χ0) is 17.5. The molecule has 0 radical (unpaired) electrons. The minimum Gasteiger partial charge on any atom is -0.480 e. The van der Waals surface area contributed by atoms with Gasteiger partial charge in [0.05, 0.1) is 0 Å². The van der Waals surface area contributed by atoms with Crippen molar-refractivity contribution in [2.45, 2.75) is 39.0 Å². The van der Waals surface area contributed by atoms with Crippen LogP contribution in [0.3, 0.4) is 0 Å². The number of rotatable bonds is 3. The molecule has 0 saturated carbocycles. The lowest BCUT2D eigenvalue weighted by Crippen LogP contribution is -2.32. The third-order valence-electron chi connectivity index (χ3n) is 5.14. The van der Waals surface area contributed by atoms with Crippen molar-refractivity contribution in [3.05, 3.63) is 76.1 Å². The lowest BCUT2D eigenvalue weighted by molar-refractivity contribution is -0.141. The number of halogens is 1. The van der Waals surface area contributed by atoms with Crippen molar-refractivity contribution in [2.75, 3.05) is 0 Å². The van der Waals surface area contributed by atoms with Crippen LogP contribution in [0.4, 0.5) is 4.39 Å². The predicted molar refractivity (Wildman–Crippen MR) is 93.6 cm³/mol. The van der Waals surface area contributed by atoms with Crippen molar-refractivity contribution in [3.63, 3.8) is 0 Å². The smallest absolute Gasteiger partial charge is 0.318 e. The van der Waals surface area contributed by atoms with Gasteiger partial charge in [-0.2, -0.15) is 0 Å². The number of hydrogen-bond acceptors (Lipinski definition) is 1. The molecule has 1 N–H and O–H groups in total. The first-order valence-corrected chi connectivity index (χ1v) is 8.14. The summed E-state index contributed by atoms with van der Waals surface area (Å²) >= 11 is 0. The number of carbonyl (C=O) groups is 1. The number of carboxylic acids is 1. The molecule has 0 aliphatic heterocycles. The largest absolute Gasteiger partial charge is 0.480 e. The van der Waals surface area contributed by atoms with Crippen molar-refractivity contribution in [3.8, 4) is 0 Å². The molecule has 0 spiro atoms. The Morgan fingerprint density at radius 1 is 1.08 bits per heavy atom. The minimum absolute atomic E-state index is 0.314. The van der Waals surface area contributed by atoms with Gasteiger partial charge in [0.2, 0.25) is 0 Å². The maximum Gasteiger partial charge on any atom is 0.318 e. The summed E-state index contributed by atoms with van der Waals surface area (Å²) in [6.07, 6.45) is 2.95. The van der Waals surface area contributed by atoms with Crippen LogP contribution in [0.15, 0.2) is 42.5 Å². The lowest BCUT2D eigenvalue weighted by atomic mass is 9.77. The Morgan fingerprint density at radius 3 is 2.46 bits per heavy atom. The molecule has 0 fully saturated rings. The van der Waals surface area contributed by atoms with Gasteiger partial charge in [-0.05, 0) is 67.0 Å². The third-order valence-corrected chi connectivity index (χ3v) is 5.14. The zero-order valence-corrected chi connectivity index (χ0v) is 14.2. The van der Waals surface area contributed by atoms with E-state index in [9.17, 15) is 14.3 Å². The molecule has 1 aliphatic rings. The topological polar surface area (TPSA) is 37.3 Å². The first kappa shape index (κ1) is 16.4. The fourth-order valence-electron chi connectivity index (χ4n) is 3.72. The molecular formula is C21H21FO2. The standard InChI is InChI=1S/C21H21FO2/c1-13-6-4-5-7-17(13)16-10-11-21(12-16,20(23)24)18-9-8-14(2)19(22)15(18)3/h4-9,12H,10-11H2,1-3H3,(H,23,24). The minimum atomic E-state index is -1.16. The molecule has 0 amide bonds. The molecule has 0 aromatic heterocycles. The van der Waals surface area contributed by atoms with E-state index in [0.717, 1.165) is 16.7 Å². The molecule has 2 nitrogen and oxygen atoms in total. The van der Waals surface area contributed by atoms with Crippen LogP contribution in [0.1, 0.15) is 40.7 Å². The quantitative estimate of drug-likeness (QED) is 0.867. The van der Waals surface area contributed by atoms with Gasteiger partial charge in [0.25, 0.3) is 0 Å². The first-order valence-electron chi connectivity index (χ1n) is 8.14. The van der Waals surface area contributed by atoms with Crippen LogP contribution in [0.2, 0.25) is 0 Å². The van der Waals surface area contributed by atoms with Crippen molar-refractivity contribution in [1.82, 2.24) is 0 Å². The van der Waals surface area contributed by atoms with Crippen LogP contribution >= 0.6 is 0 Å². The molecular weight excluding hydrogens is 303 g/mol. The van der Waals surface area contributed by atoms with Gasteiger partial charge >= 0.3 is 5.97 Å². The molecule has 0 bridgehead atoms. The van der Waals surface area contributed by atoms with E-state index in [4.69, 9.17) is 0 Å². The van der Waals surface area contributed by atoms with Gasteiger partial charge in [-0.1, -0.05) is 42.5 Å². The van der Waals surface area contributed by atoms with E-state index < -0.39 is 11.4 Å². The van der Waals surface area contributed by atoms with E-state index >= 15 is 0 Å². The van der Waals surface area contributed by atoms with Gasteiger partial charge in [0.1, 0.15) is 11.2 Å². The van der Waals surface area contributed by atoms with Crippen molar-refractivity contribution in [2.24, 2.45) is 0 Å². The fourth-order valence-corrected chi connectivity index (χ4v) is 3.72. The summed E-state index contributed by atoms with van der Waals surface area (Å²) in [7, 11) is 0. The normalized spacial score (nSPS) is 20.1. The lowest BCUT2D eigenvalue weighted by Gasteiger charge is -2.25. The highest BCUT2D eigenvalue weighted by Crippen LogP contribution is 2.45. The van der Waals surface area contributed by atoms with Gasteiger partial charge in [-0.3, -0.25) is 4.79 Å². The maximum atomic E-state index is 14.3. The molecule has 0 saturated heterocycles. The highest BCUT2D eigenvalue weighted by molar-refractivity contribution is 5.90. The number of allylic oxidation sites excluding steroid dienone is 1. The summed E-state index contributed by atoms with van der Waals surface area (Å²) in [5, 5.41) is 9.97. The molecule has 1 atom stereocenters. The summed E-state index contributed by atoms with van der Waals surface area (Å²) in [6, 6.07) is 11.4. The second-order valence-electron chi connectivity index (χ2n) is 6.63. The number of hydrogen-bond donors (Lipinski definition) is 1.